The molecule has 45 heavy (non-hydrogen) atoms. The number of benzene rings is 3. The Balaban J connectivity index is 1.19. The second-order valence-electron chi connectivity index (χ2n) is 10.2. The molecule has 3 aromatic carbocycles. The van der Waals surface area contributed by atoms with Gasteiger partial charge in [-0.2, -0.15) is 0 Å². The molecule has 0 bridgehead atoms. The number of carbonyl (C=O) groups is 3. The first-order valence-corrected chi connectivity index (χ1v) is 14.4. The number of hydrogen-bond donors (Lipinski definition) is 3. The van der Waals surface area contributed by atoms with Crippen LogP contribution < -0.4 is 15.4 Å². The Morgan fingerprint density at radius 3 is 2.38 bits per heavy atom. The van der Waals surface area contributed by atoms with Crippen molar-refractivity contribution in [1.29, 1.82) is 0 Å². The van der Waals surface area contributed by atoms with Crippen LogP contribution >= 0.6 is 0 Å². The Morgan fingerprint density at radius 1 is 0.867 bits per heavy atom. The van der Waals surface area contributed by atoms with Gasteiger partial charge in [0.15, 0.2) is 0 Å². The maximum absolute atomic E-state index is 12.5. The van der Waals surface area contributed by atoms with Gasteiger partial charge in [-0.25, -0.2) is 4.98 Å². The second-order valence-corrected chi connectivity index (χ2v) is 10.2. The second kappa shape index (κ2) is 14.6. The average molecular weight is 605 g/mol. The van der Waals surface area contributed by atoms with Crippen molar-refractivity contribution in [2.45, 2.75) is 32.7 Å². The van der Waals surface area contributed by atoms with Crippen LogP contribution in [0.3, 0.4) is 0 Å². The summed E-state index contributed by atoms with van der Waals surface area (Å²) < 4.78 is 11.9. The third kappa shape index (κ3) is 8.41. The number of pyridine rings is 1. The zero-order valence-corrected chi connectivity index (χ0v) is 24.7. The maximum Gasteiger partial charge on any atom is 0.303 e. The lowest BCUT2D eigenvalue weighted by molar-refractivity contribution is -0.136. The molecule has 0 fully saturated rings. The number of anilines is 1. The van der Waals surface area contributed by atoms with Crippen LogP contribution in [0, 0.1) is 6.92 Å². The predicted molar refractivity (Wildman–Crippen MR) is 168 cm³/mol. The average Bonchev–Trinajstić information content (AvgIpc) is 3.44. The third-order valence-corrected chi connectivity index (χ3v) is 7.05. The number of nitrogens with one attached hydrogen (secondary N) is 2. The van der Waals surface area contributed by atoms with E-state index in [-0.39, 0.29) is 24.8 Å². The quantitative estimate of drug-likeness (QED) is 0.152. The summed E-state index contributed by atoms with van der Waals surface area (Å²) in [5, 5.41) is 14.9. The van der Waals surface area contributed by atoms with E-state index in [0.717, 1.165) is 22.4 Å². The van der Waals surface area contributed by atoms with Crippen molar-refractivity contribution in [1.82, 2.24) is 15.3 Å². The number of rotatable bonds is 13. The number of carboxylic acid groups (broad SMARTS) is 1. The van der Waals surface area contributed by atoms with E-state index in [1.165, 1.54) is 0 Å². The highest BCUT2D eigenvalue weighted by atomic mass is 16.5. The summed E-state index contributed by atoms with van der Waals surface area (Å²) in [6.45, 7) is 2.37. The molecule has 2 amide bonds. The zero-order chi connectivity index (χ0) is 31.6. The lowest BCUT2D eigenvalue weighted by Crippen LogP contribution is -2.24. The fraction of sp³-hybridized carbons (Fsp3) is 0.171. The molecule has 3 N–H and O–H groups in total. The Labute approximate surface area is 260 Å². The standard InChI is InChI=1S/C35H32N4O6/c1-23-30(39-35(45-23)26-10-14-28(15-11-26)38-33(42)25-7-3-2-4-8-25)18-20-44-29-16-12-24(13-17-32(40)41)27(21-29)22-37-34(43)31-9-5-6-19-36-31/h2-12,14-16,19,21H,13,17-18,20,22H2,1H3,(H,37,43)(H,38,42)(H,40,41). The van der Waals surface area contributed by atoms with Crippen molar-refractivity contribution in [3.63, 3.8) is 0 Å². The van der Waals surface area contributed by atoms with Crippen LogP contribution in [-0.4, -0.2) is 39.5 Å². The van der Waals surface area contributed by atoms with Gasteiger partial charge in [-0.15, -0.1) is 0 Å². The molecule has 0 aliphatic rings. The largest absolute Gasteiger partial charge is 0.493 e. The van der Waals surface area contributed by atoms with Crippen LogP contribution in [0.15, 0.2) is 102 Å². The number of amides is 2. The Morgan fingerprint density at radius 2 is 1.64 bits per heavy atom. The lowest BCUT2D eigenvalue weighted by atomic mass is 10.0. The molecule has 10 nitrogen and oxygen atoms in total. The highest BCUT2D eigenvalue weighted by Crippen LogP contribution is 2.25. The van der Waals surface area contributed by atoms with Crippen molar-refractivity contribution in [3.05, 3.63) is 131 Å². The molecule has 228 valence electrons. The molecular weight excluding hydrogens is 572 g/mol. The minimum absolute atomic E-state index is 0.0276. The summed E-state index contributed by atoms with van der Waals surface area (Å²) in [6, 6.07) is 26.8. The van der Waals surface area contributed by atoms with Gasteiger partial charge in [0.25, 0.3) is 11.8 Å². The van der Waals surface area contributed by atoms with Crippen LogP contribution in [0.4, 0.5) is 5.69 Å². The normalized spacial score (nSPS) is 10.7. The smallest absolute Gasteiger partial charge is 0.303 e. The van der Waals surface area contributed by atoms with Gasteiger partial charge < -0.3 is 24.9 Å². The first-order chi connectivity index (χ1) is 21.9. The van der Waals surface area contributed by atoms with E-state index in [9.17, 15) is 14.4 Å². The molecule has 0 spiro atoms. The fourth-order valence-corrected chi connectivity index (χ4v) is 4.64. The topological polar surface area (TPSA) is 144 Å². The van der Waals surface area contributed by atoms with Crippen molar-refractivity contribution in [2.24, 2.45) is 0 Å². The van der Waals surface area contributed by atoms with Gasteiger partial charge in [0.05, 0.1) is 12.3 Å². The van der Waals surface area contributed by atoms with E-state index >= 15 is 0 Å². The number of ether oxygens (including phenoxy) is 1. The van der Waals surface area contributed by atoms with E-state index in [1.54, 1.807) is 54.7 Å². The lowest BCUT2D eigenvalue weighted by Gasteiger charge is -2.13. The first kappa shape index (κ1) is 30.7. The van der Waals surface area contributed by atoms with Crippen molar-refractivity contribution in [2.75, 3.05) is 11.9 Å². The summed E-state index contributed by atoms with van der Waals surface area (Å²) in [4.78, 5) is 44.8. The van der Waals surface area contributed by atoms with Gasteiger partial charge in [-0.05, 0) is 85.1 Å². The Hall–Kier alpha value is -5.77. The SMILES string of the molecule is Cc1oc(-c2ccc(NC(=O)c3ccccc3)cc2)nc1CCOc1ccc(CCC(=O)O)c(CNC(=O)c2ccccn2)c1. The predicted octanol–water partition coefficient (Wildman–Crippen LogP) is 5.87. The molecule has 0 saturated heterocycles. The number of aryl methyl sites for hydroxylation is 2. The molecule has 0 saturated carbocycles. The van der Waals surface area contributed by atoms with E-state index in [1.807, 2.05) is 49.4 Å². The number of carboxylic acids is 1. The summed E-state index contributed by atoms with van der Waals surface area (Å²) in [5.74, 6) is 0.329. The Bertz CT molecular complexity index is 1770. The highest BCUT2D eigenvalue weighted by molar-refractivity contribution is 6.04. The maximum atomic E-state index is 12.5. The number of carbonyl (C=O) groups excluding carboxylic acids is 2. The molecule has 0 atom stereocenters. The van der Waals surface area contributed by atoms with E-state index in [4.69, 9.17) is 14.3 Å². The molecule has 2 aromatic heterocycles. The first-order valence-electron chi connectivity index (χ1n) is 14.4. The monoisotopic (exact) mass is 604 g/mol. The zero-order valence-electron chi connectivity index (χ0n) is 24.7. The fourth-order valence-electron chi connectivity index (χ4n) is 4.64. The van der Waals surface area contributed by atoms with Gasteiger partial charge in [0.1, 0.15) is 17.2 Å². The number of oxazole rings is 1. The molecule has 0 aliphatic heterocycles. The highest BCUT2D eigenvalue weighted by Gasteiger charge is 2.14. The van der Waals surface area contributed by atoms with Gasteiger partial charge in [0.2, 0.25) is 5.89 Å². The minimum Gasteiger partial charge on any atom is -0.493 e. The molecule has 5 aromatic rings. The van der Waals surface area contributed by atoms with Gasteiger partial charge in [-0.3, -0.25) is 19.4 Å². The van der Waals surface area contributed by atoms with Gasteiger partial charge in [0, 0.05) is 42.4 Å². The van der Waals surface area contributed by atoms with Gasteiger partial charge in [-0.1, -0.05) is 30.3 Å². The molecular formula is C35H32N4O6. The minimum atomic E-state index is -0.896. The van der Waals surface area contributed by atoms with Crippen LogP contribution in [0.2, 0.25) is 0 Å². The van der Waals surface area contributed by atoms with E-state index in [0.29, 0.717) is 53.8 Å². The van der Waals surface area contributed by atoms with Crippen LogP contribution in [0.25, 0.3) is 11.5 Å². The molecule has 0 unspecified atom stereocenters. The molecule has 0 aliphatic carbocycles. The van der Waals surface area contributed by atoms with Crippen LogP contribution in [0.5, 0.6) is 5.75 Å². The Kier molecular flexibility index (Phi) is 9.96. The summed E-state index contributed by atoms with van der Waals surface area (Å²) in [7, 11) is 0. The summed E-state index contributed by atoms with van der Waals surface area (Å²) in [5.41, 5.74) is 4.65. The number of nitrogens with zero attached hydrogens (tertiary/aromatic N) is 2. The summed E-state index contributed by atoms with van der Waals surface area (Å²) in [6.07, 6.45) is 2.34. The number of aromatic nitrogens is 2. The third-order valence-electron chi connectivity index (χ3n) is 7.05. The number of aliphatic carboxylic acids is 1. The van der Waals surface area contributed by atoms with E-state index < -0.39 is 5.97 Å². The molecule has 5 rings (SSSR count). The molecule has 0 radical (unpaired) electrons. The van der Waals surface area contributed by atoms with Crippen molar-refractivity contribution >= 4 is 23.5 Å². The van der Waals surface area contributed by atoms with E-state index in [2.05, 4.69) is 20.6 Å². The number of hydrogen-bond acceptors (Lipinski definition) is 7. The summed E-state index contributed by atoms with van der Waals surface area (Å²) >= 11 is 0. The van der Waals surface area contributed by atoms with Gasteiger partial charge >= 0.3 is 5.97 Å². The van der Waals surface area contributed by atoms with Crippen LogP contribution in [0.1, 0.15) is 49.8 Å². The molecule has 2 heterocycles. The van der Waals surface area contributed by atoms with Crippen molar-refractivity contribution < 1.29 is 28.6 Å². The van der Waals surface area contributed by atoms with Crippen LogP contribution in [-0.2, 0) is 24.2 Å². The molecule has 10 heteroatoms. The van der Waals surface area contributed by atoms with Crippen molar-refractivity contribution in [3.8, 4) is 17.2 Å².